The molecule has 0 saturated carbocycles. The Balaban J connectivity index is 1.81. The molecule has 0 amide bonds. The van der Waals surface area contributed by atoms with E-state index in [0.29, 0.717) is 21.8 Å². The zero-order valence-corrected chi connectivity index (χ0v) is 15.0. The molecular weight excluding hydrogens is 373 g/mol. The molecule has 7 heteroatoms. The van der Waals surface area contributed by atoms with Gasteiger partial charge < -0.3 is 10.3 Å². The molecule has 0 radical (unpaired) electrons. The third-order valence-corrected chi connectivity index (χ3v) is 5.49. The van der Waals surface area contributed by atoms with Crippen molar-refractivity contribution in [2.75, 3.05) is 5.73 Å². The second kappa shape index (κ2) is 6.55. The summed E-state index contributed by atoms with van der Waals surface area (Å²) in [5.74, 6) is -0.477. The van der Waals surface area contributed by atoms with Crippen LogP contribution in [0.3, 0.4) is 0 Å². The summed E-state index contributed by atoms with van der Waals surface area (Å²) in [6, 6.07) is 14.0. The maximum absolute atomic E-state index is 13.8. The lowest BCUT2D eigenvalue weighted by atomic mass is 10.1. The van der Waals surface area contributed by atoms with Gasteiger partial charge in [0.2, 0.25) is 0 Å². The molecule has 2 heterocycles. The van der Waals surface area contributed by atoms with Gasteiger partial charge in [-0.05, 0) is 41.5 Å². The highest BCUT2D eigenvalue weighted by Gasteiger charge is 2.12. The molecule has 4 rings (SSSR count). The Labute approximate surface area is 157 Å². The van der Waals surface area contributed by atoms with Crippen molar-refractivity contribution in [2.24, 2.45) is 0 Å². The van der Waals surface area contributed by atoms with Crippen LogP contribution in [0.2, 0.25) is 5.02 Å². The summed E-state index contributed by atoms with van der Waals surface area (Å²) >= 11 is 7.22. The molecule has 0 fully saturated rings. The smallest absolute Gasteiger partial charge is 0.290 e. The van der Waals surface area contributed by atoms with Crippen LogP contribution in [0.15, 0.2) is 59.7 Å². The van der Waals surface area contributed by atoms with E-state index in [2.05, 4.69) is 4.98 Å². The maximum atomic E-state index is 13.8. The molecule has 0 saturated heterocycles. The van der Waals surface area contributed by atoms with Gasteiger partial charge >= 0.3 is 0 Å². The highest BCUT2D eigenvalue weighted by molar-refractivity contribution is 7.22. The monoisotopic (exact) mass is 385 g/mol. The summed E-state index contributed by atoms with van der Waals surface area (Å²) in [6.07, 6.45) is 1.53. The van der Waals surface area contributed by atoms with Crippen LogP contribution in [0.4, 0.5) is 10.1 Å². The topological polar surface area (TPSA) is 60.9 Å². The van der Waals surface area contributed by atoms with Crippen molar-refractivity contribution in [1.29, 1.82) is 0 Å². The average Bonchev–Trinajstić information content (AvgIpc) is 3.08. The van der Waals surface area contributed by atoms with Crippen LogP contribution in [-0.4, -0.2) is 9.55 Å². The molecule has 2 N–H and O–H groups in total. The molecule has 26 heavy (non-hydrogen) atoms. The fraction of sp³-hybridized carbons (Fsp3) is 0.0526. The molecule has 2 aromatic carbocycles. The minimum atomic E-state index is -0.477. The first-order chi connectivity index (χ1) is 12.5. The molecule has 0 atom stereocenters. The van der Waals surface area contributed by atoms with Gasteiger partial charge in [-0.25, -0.2) is 4.39 Å². The van der Waals surface area contributed by atoms with E-state index in [1.807, 2.05) is 34.9 Å². The number of thiophene rings is 1. The van der Waals surface area contributed by atoms with Gasteiger partial charge in [-0.2, -0.15) is 4.98 Å². The van der Waals surface area contributed by atoms with Gasteiger partial charge in [0.1, 0.15) is 10.5 Å². The number of halogens is 2. The number of rotatable bonds is 3. The summed E-state index contributed by atoms with van der Waals surface area (Å²) in [5, 5.41) is 0.667. The van der Waals surface area contributed by atoms with Gasteiger partial charge in [-0.1, -0.05) is 29.8 Å². The molecule has 0 aliphatic heterocycles. The van der Waals surface area contributed by atoms with Crippen LogP contribution in [0.5, 0.6) is 0 Å². The van der Waals surface area contributed by atoms with Crippen molar-refractivity contribution in [1.82, 2.24) is 9.55 Å². The van der Waals surface area contributed by atoms with Gasteiger partial charge in [-0.3, -0.25) is 4.79 Å². The number of fused-ring (bicyclic) bond motifs is 1. The van der Waals surface area contributed by atoms with Crippen LogP contribution < -0.4 is 11.3 Å². The Morgan fingerprint density at radius 1 is 1.15 bits per heavy atom. The molecule has 4 nitrogen and oxygen atoms in total. The van der Waals surface area contributed by atoms with Crippen molar-refractivity contribution in [2.45, 2.75) is 6.54 Å². The number of benzene rings is 2. The Hall–Kier alpha value is -2.70. The minimum absolute atomic E-state index is 0.0962. The second-order valence-electron chi connectivity index (χ2n) is 5.87. The molecular formula is C19H13ClFN3OS. The molecule has 0 unspecified atom stereocenters. The summed E-state index contributed by atoms with van der Waals surface area (Å²) in [7, 11) is 0. The highest BCUT2D eigenvalue weighted by Crippen LogP contribution is 2.33. The molecule has 0 aliphatic carbocycles. The number of anilines is 1. The zero-order chi connectivity index (χ0) is 18.3. The lowest BCUT2D eigenvalue weighted by Gasteiger charge is -2.07. The van der Waals surface area contributed by atoms with Crippen LogP contribution in [-0.2, 0) is 6.54 Å². The van der Waals surface area contributed by atoms with Crippen molar-refractivity contribution >= 4 is 38.8 Å². The van der Waals surface area contributed by atoms with E-state index in [1.54, 1.807) is 6.07 Å². The Morgan fingerprint density at radius 2 is 1.92 bits per heavy atom. The van der Waals surface area contributed by atoms with Gasteiger partial charge in [0.15, 0.2) is 0 Å². The maximum Gasteiger partial charge on any atom is 0.290 e. The van der Waals surface area contributed by atoms with Crippen LogP contribution in [0, 0.1) is 5.82 Å². The predicted octanol–water partition coefficient (Wildman–Crippen LogP) is 4.55. The Kier molecular flexibility index (Phi) is 4.22. The van der Waals surface area contributed by atoms with Crippen molar-refractivity contribution in [3.05, 3.63) is 81.6 Å². The Bertz CT molecular complexity index is 1170. The van der Waals surface area contributed by atoms with E-state index in [0.717, 1.165) is 16.0 Å². The summed E-state index contributed by atoms with van der Waals surface area (Å²) < 4.78 is 16.2. The van der Waals surface area contributed by atoms with E-state index >= 15 is 0 Å². The number of nitrogen functional groups attached to an aromatic ring is 1. The van der Waals surface area contributed by atoms with E-state index in [1.165, 1.54) is 29.8 Å². The second-order valence-corrected chi connectivity index (χ2v) is 7.35. The molecule has 0 bridgehead atoms. The first kappa shape index (κ1) is 16.8. The van der Waals surface area contributed by atoms with E-state index in [-0.39, 0.29) is 11.2 Å². The standard InChI is InChI=1S/C19H13ClFN3OS/c20-13-4-1-11(2-5-13)9-24-10-23-19(25)18-16(24)8-17(26-18)12-3-6-15(22)14(21)7-12/h1-8,10H,9,22H2. The van der Waals surface area contributed by atoms with Crippen molar-refractivity contribution in [3.8, 4) is 10.4 Å². The highest BCUT2D eigenvalue weighted by atomic mass is 35.5. The van der Waals surface area contributed by atoms with Gasteiger partial charge in [0.25, 0.3) is 5.56 Å². The van der Waals surface area contributed by atoms with E-state index < -0.39 is 5.82 Å². The zero-order valence-electron chi connectivity index (χ0n) is 13.4. The lowest BCUT2D eigenvalue weighted by molar-refractivity contribution is 0.633. The van der Waals surface area contributed by atoms with Gasteiger partial charge in [-0.15, -0.1) is 11.3 Å². The first-order valence-electron chi connectivity index (χ1n) is 7.80. The normalized spacial score (nSPS) is 11.2. The lowest BCUT2D eigenvalue weighted by Crippen LogP contribution is -2.11. The van der Waals surface area contributed by atoms with E-state index in [4.69, 9.17) is 17.3 Å². The summed E-state index contributed by atoms with van der Waals surface area (Å²) in [6.45, 7) is 0.549. The third-order valence-electron chi connectivity index (χ3n) is 4.08. The number of hydrogen-bond donors (Lipinski definition) is 1. The van der Waals surface area contributed by atoms with Crippen LogP contribution >= 0.6 is 22.9 Å². The number of hydrogen-bond acceptors (Lipinski definition) is 4. The minimum Gasteiger partial charge on any atom is -0.396 e. The third kappa shape index (κ3) is 3.09. The van der Waals surface area contributed by atoms with E-state index in [9.17, 15) is 9.18 Å². The number of nitrogens with two attached hydrogens (primary N) is 1. The van der Waals surface area contributed by atoms with Gasteiger partial charge in [0, 0.05) is 16.4 Å². The molecule has 0 spiro atoms. The molecule has 2 aromatic heterocycles. The van der Waals surface area contributed by atoms with Crippen LogP contribution in [0.1, 0.15) is 5.56 Å². The van der Waals surface area contributed by atoms with Crippen molar-refractivity contribution in [3.63, 3.8) is 0 Å². The SMILES string of the molecule is Nc1ccc(-c2cc3c(s2)c(=O)ncn3Cc2ccc(Cl)cc2)cc1F. The quantitative estimate of drug-likeness (QED) is 0.526. The molecule has 130 valence electrons. The average molecular weight is 386 g/mol. The summed E-state index contributed by atoms with van der Waals surface area (Å²) in [5.41, 5.74) is 7.82. The van der Waals surface area contributed by atoms with Crippen molar-refractivity contribution < 1.29 is 4.39 Å². The van der Waals surface area contributed by atoms with Gasteiger partial charge in [0.05, 0.1) is 17.5 Å². The summed E-state index contributed by atoms with van der Waals surface area (Å²) in [4.78, 5) is 16.9. The Morgan fingerprint density at radius 3 is 2.65 bits per heavy atom. The fourth-order valence-electron chi connectivity index (χ4n) is 2.73. The molecule has 0 aliphatic rings. The molecule has 4 aromatic rings. The number of aromatic nitrogens is 2. The largest absolute Gasteiger partial charge is 0.396 e. The first-order valence-corrected chi connectivity index (χ1v) is 8.99. The predicted molar refractivity (Wildman–Crippen MR) is 104 cm³/mol. The number of nitrogens with zero attached hydrogens (tertiary/aromatic N) is 2. The van der Waals surface area contributed by atoms with Crippen LogP contribution in [0.25, 0.3) is 20.7 Å². The fourth-order valence-corrected chi connectivity index (χ4v) is 3.91.